The van der Waals surface area contributed by atoms with Gasteiger partial charge in [-0.2, -0.15) is 4.20 Å². The molecule has 0 aliphatic rings. The monoisotopic (exact) mass is 190 g/mol. The smallest absolute Gasteiger partial charge is 0.261 e. The molecule has 4 heteroatoms. The first-order chi connectivity index (χ1) is 5.17. The maximum atomic E-state index is 13.3. The van der Waals surface area contributed by atoms with Crippen LogP contribution in [0.4, 0.5) is 4.20 Å². The predicted molar refractivity (Wildman–Crippen MR) is 48.5 cm³/mol. The first kappa shape index (κ1) is 8.85. The van der Waals surface area contributed by atoms with Crippen molar-refractivity contribution < 1.29 is 8.72 Å². The molecule has 0 aliphatic carbocycles. The Labute approximate surface area is 70.4 Å². The fourth-order valence-corrected chi connectivity index (χ4v) is 1.82. The van der Waals surface area contributed by atoms with E-state index >= 15 is 0 Å². The van der Waals surface area contributed by atoms with Crippen molar-refractivity contribution in [2.45, 2.75) is 0 Å². The Hall–Kier alpha value is -0.240. The van der Waals surface area contributed by atoms with Crippen molar-refractivity contribution in [1.29, 1.82) is 0 Å². The molecule has 0 aliphatic heterocycles. The van der Waals surface area contributed by atoms with Gasteiger partial charge in [0.25, 0.3) is 6.58 Å². The van der Waals surface area contributed by atoms with Gasteiger partial charge in [0.2, 0.25) is 0 Å². The number of hydrogen-bond acceptors (Lipinski definition) is 2. The van der Waals surface area contributed by atoms with Crippen molar-refractivity contribution in [3.63, 3.8) is 0 Å². The van der Waals surface area contributed by atoms with Gasteiger partial charge in [0, 0.05) is 12.4 Å². The lowest BCUT2D eigenvalue weighted by molar-refractivity contribution is 0.437. The number of hydrogen-bond donors (Lipinski definition) is 0. The van der Waals surface area contributed by atoms with Gasteiger partial charge in [-0.05, 0) is 23.9 Å². The number of benzene rings is 1. The molecular formula is C7H8FOPS. The maximum Gasteiger partial charge on any atom is 0.261 e. The molecule has 1 rings (SSSR count). The van der Waals surface area contributed by atoms with Crippen LogP contribution in [0, 0.1) is 0 Å². The third-order valence-corrected chi connectivity index (χ3v) is 3.76. The molecule has 1 aromatic rings. The zero-order chi connectivity index (χ0) is 8.32. The minimum atomic E-state index is -3.19. The molecule has 0 amide bonds. The van der Waals surface area contributed by atoms with Crippen LogP contribution in [0.2, 0.25) is 0 Å². The molecule has 1 unspecified atom stereocenters. The molecule has 11 heavy (non-hydrogen) atoms. The summed E-state index contributed by atoms with van der Waals surface area (Å²) in [6.07, 6.45) is 0. The molecule has 0 radical (unpaired) electrons. The van der Waals surface area contributed by atoms with Crippen LogP contribution in [0.25, 0.3) is 0 Å². The van der Waals surface area contributed by atoms with Gasteiger partial charge in [-0.1, -0.05) is 18.2 Å². The van der Waals surface area contributed by atoms with E-state index in [1.807, 2.05) is 6.07 Å². The van der Waals surface area contributed by atoms with Crippen LogP contribution in [-0.4, -0.2) is 7.11 Å². The Kier molecular flexibility index (Phi) is 2.77. The summed E-state index contributed by atoms with van der Waals surface area (Å²) < 4.78 is 17.8. The first-order valence-electron chi connectivity index (χ1n) is 3.08. The second-order valence-electron chi connectivity index (χ2n) is 2.00. The van der Waals surface area contributed by atoms with Crippen molar-refractivity contribution in [3.8, 4) is 0 Å². The highest BCUT2D eigenvalue weighted by Crippen LogP contribution is 2.46. The van der Waals surface area contributed by atoms with Gasteiger partial charge in [-0.3, -0.25) is 0 Å². The van der Waals surface area contributed by atoms with Crippen molar-refractivity contribution >= 4 is 23.7 Å². The van der Waals surface area contributed by atoms with Crippen LogP contribution in [0.5, 0.6) is 0 Å². The summed E-state index contributed by atoms with van der Waals surface area (Å²) in [7, 11) is 1.30. The third-order valence-electron chi connectivity index (χ3n) is 1.30. The second-order valence-corrected chi connectivity index (χ2v) is 5.25. The highest BCUT2D eigenvalue weighted by molar-refractivity contribution is 8.13. The summed E-state index contributed by atoms with van der Waals surface area (Å²) in [5.41, 5.74) is 0. The minimum absolute atomic E-state index is 0.470. The molecule has 60 valence electrons. The highest BCUT2D eigenvalue weighted by atomic mass is 32.5. The maximum absolute atomic E-state index is 13.3. The van der Waals surface area contributed by atoms with E-state index in [1.165, 1.54) is 7.11 Å². The predicted octanol–water partition coefficient (Wildman–Crippen LogP) is 2.24. The molecule has 0 fully saturated rings. The van der Waals surface area contributed by atoms with E-state index in [0.717, 1.165) is 0 Å². The molecule has 0 heterocycles. The fourth-order valence-electron chi connectivity index (χ4n) is 0.711. The average molecular weight is 190 g/mol. The Balaban J connectivity index is 3.03. The third kappa shape index (κ3) is 2.09. The zero-order valence-electron chi connectivity index (χ0n) is 6.03. The molecule has 0 saturated carbocycles. The molecule has 0 N–H and O–H groups in total. The van der Waals surface area contributed by atoms with Crippen LogP contribution in [-0.2, 0) is 16.3 Å². The summed E-state index contributed by atoms with van der Waals surface area (Å²) in [4.78, 5) is 0. The lowest BCUT2D eigenvalue weighted by Gasteiger charge is -2.08. The van der Waals surface area contributed by atoms with E-state index in [0.29, 0.717) is 5.30 Å². The first-order valence-corrected chi connectivity index (χ1v) is 5.69. The fraction of sp³-hybridized carbons (Fsp3) is 0.143. The van der Waals surface area contributed by atoms with Crippen molar-refractivity contribution in [2.75, 3.05) is 7.11 Å². The summed E-state index contributed by atoms with van der Waals surface area (Å²) in [5.74, 6) is 0. The topological polar surface area (TPSA) is 9.23 Å². The van der Waals surface area contributed by atoms with Crippen LogP contribution in [0.15, 0.2) is 30.3 Å². The summed E-state index contributed by atoms with van der Waals surface area (Å²) in [6.45, 7) is -3.19. The second kappa shape index (κ2) is 3.44. The van der Waals surface area contributed by atoms with Crippen molar-refractivity contribution in [2.24, 2.45) is 0 Å². The SMILES string of the molecule is COP(F)(=S)c1ccccc1. The van der Waals surface area contributed by atoms with E-state index < -0.39 is 6.58 Å². The summed E-state index contributed by atoms with van der Waals surface area (Å²) >= 11 is 4.63. The van der Waals surface area contributed by atoms with Gasteiger partial charge in [-0.25, -0.2) is 0 Å². The molecule has 1 nitrogen and oxygen atoms in total. The minimum Gasteiger partial charge on any atom is -0.326 e. The lowest BCUT2D eigenvalue weighted by atomic mass is 10.4. The standard InChI is InChI=1S/C7H8FOPS/c1-9-10(8,11)7-5-3-2-4-6-7/h2-6H,1H3. The number of rotatable bonds is 2. The van der Waals surface area contributed by atoms with Gasteiger partial charge in [0.15, 0.2) is 0 Å². The Morgan fingerprint density at radius 1 is 1.36 bits per heavy atom. The van der Waals surface area contributed by atoms with E-state index in [1.54, 1.807) is 24.3 Å². The Morgan fingerprint density at radius 3 is 2.36 bits per heavy atom. The summed E-state index contributed by atoms with van der Waals surface area (Å²) in [5, 5.41) is 0.470. The van der Waals surface area contributed by atoms with Gasteiger partial charge in [0.1, 0.15) is 0 Å². The average Bonchev–Trinajstić information content (AvgIpc) is 2.06. The molecule has 0 saturated heterocycles. The zero-order valence-corrected chi connectivity index (χ0v) is 7.74. The van der Waals surface area contributed by atoms with E-state index in [-0.39, 0.29) is 0 Å². The normalized spacial score (nSPS) is 15.8. The van der Waals surface area contributed by atoms with Crippen LogP contribution in [0.3, 0.4) is 0 Å². The Morgan fingerprint density at radius 2 is 1.91 bits per heavy atom. The van der Waals surface area contributed by atoms with Gasteiger partial charge >= 0.3 is 0 Å². The Bertz CT molecular complexity index is 275. The van der Waals surface area contributed by atoms with Crippen molar-refractivity contribution in [3.05, 3.63) is 30.3 Å². The molecule has 1 aromatic carbocycles. The van der Waals surface area contributed by atoms with E-state index in [2.05, 4.69) is 16.3 Å². The number of halogens is 1. The molecule has 0 aromatic heterocycles. The molecule has 1 atom stereocenters. The van der Waals surface area contributed by atoms with Gasteiger partial charge in [0.05, 0.1) is 0 Å². The van der Waals surface area contributed by atoms with Crippen LogP contribution >= 0.6 is 6.58 Å². The highest BCUT2D eigenvalue weighted by Gasteiger charge is 2.16. The van der Waals surface area contributed by atoms with Crippen LogP contribution in [0.1, 0.15) is 0 Å². The lowest BCUT2D eigenvalue weighted by Crippen LogP contribution is -2.00. The summed E-state index contributed by atoms with van der Waals surface area (Å²) in [6, 6.07) is 8.59. The van der Waals surface area contributed by atoms with Gasteiger partial charge in [-0.15, -0.1) is 0 Å². The largest absolute Gasteiger partial charge is 0.326 e. The van der Waals surface area contributed by atoms with E-state index in [4.69, 9.17) is 0 Å². The molecular weight excluding hydrogens is 182 g/mol. The van der Waals surface area contributed by atoms with Crippen LogP contribution < -0.4 is 5.30 Å². The van der Waals surface area contributed by atoms with E-state index in [9.17, 15) is 4.20 Å². The molecule has 0 spiro atoms. The molecule has 0 bridgehead atoms. The quantitative estimate of drug-likeness (QED) is 0.661. The van der Waals surface area contributed by atoms with Crippen molar-refractivity contribution in [1.82, 2.24) is 0 Å². The van der Waals surface area contributed by atoms with Gasteiger partial charge < -0.3 is 4.52 Å².